The van der Waals surface area contributed by atoms with Crippen LogP contribution >= 0.6 is 0 Å². The summed E-state index contributed by atoms with van der Waals surface area (Å²) in [5.41, 5.74) is 3.40. The zero-order chi connectivity index (χ0) is 16.5. The first-order chi connectivity index (χ1) is 10.4. The molecule has 0 saturated heterocycles. The Labute approximate surface area is 133 Å². The fraction of sp³-hybridized carbons (Fsp3) is 0.647. The molecule has 126 valence electrons. The summed E-state index contributed by atoms with van der Waals surface area (Å²) in [4.78, 5) is 0. The Balaban J connectivity index is 2.72. The van der Waals surface area contributed by atoms with E-state index in [9.17, 15) is 15.3 Å². The van der Waals surface area contributed by atoms with E-state index in [1.54, 1.807) is 20.8 Å². The standard InChI is InChI=1S/C17H30N2O3/c1-12(20)6-16-5-4-15(10-18-8-13(2)21)7-17(16)11-19-9-14(3)22/h4-5,7,12-14,18-22H,6,8-11H2,1-3H3. The lowest BCUT2D eigenvalue weighted by molar-refractivity contribution is 0.189. The summed E-state index contributed by atoms with van der Waals surface area (Å²) in [7, 11) is 0. The van der Waals surface area contributed by atoms with Gasteiger partial charge in [-0.1, -0.05) is 18.2 Å². The third-order valence-corrected chi connectivity index (χ3v) is 3.31. The van der Waals surface area contributed by atoms with E-state index < -0.39 is 0 Å². The second-order valence-electron chi connectivity index (χ2n) is 6.12. The molecule has 1 rings (SSSR count). The van der Waals surface area contributed by atoms with Crippen molar-refractivity contribution in [1.82, 2.24) is 10.6 Å². The maximum absolute atomic E-state index is 9.62. The molecule has 0 fully saturated rings. The number of aliphatic hydroxyl groups is 3. The van der Waals surface area contributed by atoms with Gasteiger partial charge in [0, 0.05) is 26.2 Å². The molecule has 0 saturated carbocycles. The van der Waals surface area contributed by atoms with Crippen LogP contribution in [0.3, 0.4) is 0 Å². The van der Waals surface area contributed by atoms with Gasteiger partial charge in [0.05, 0.1) is 18.3 Å². The van der Waals surface area contributed by atoms with Gasteiger partial charge in [-0.15, -0.1) is 0 Å². The van der Waals surface area contributed by atoms with Crippen molar-refractivity contribution in [2.75, 3.05) is 13.1 Å². The van der Waals surface area contributed by atoms with Crippen LogP contribution in [-0.2, 0) is 19.5 Å². The molecule has 0 radical (unpaired) electrons. The SMILES string of the molecule is CC(O)CNCc1ccc(CC(C)O)c(CNCC(C)O)c1. The highest BCUT2D eigenvalue weighted by atomic mass is 16.3. The van der Waals surface area contributed by atoms with Gasteiger partial charge in [-0.2, -0.15) is 0 Å². The first-order valence-electron chi connectivity index (χ1n) is 7.94. The molecule has 0 aromatic heterocycles. The molecule has 0 aliphatic heterocycles. The minimum Gasteiger partial charge on any atom is -0.393 e. The Morgan fingerprint density at radius 1 is 0.818 bits per heavy atom. The smallest absolute Gasteiger partial charge is 0.0636 e. The van der Waals surface area contributed by atoms with Crippen LogP contribution in [-0.4, -0.2) is 46.7 Å². The van der Waals surface area contributed by atoms with Gasteiger partial charge in [0.15, 0.2) is 0 Å². The highest BCUT2D eigenvalue weighted by Crippen LogP contribution is 2.15. The molecule has 0 amide bonds. The van der Waals surface area contributed by atoms with Gasteiger partial charge < -0.3 is 26.0 Å². The molecule has 0 aliphatic carbocycles. The van der Waals surface area contributed by atoms with Crippen molar-refractivity contribution < 1.29 is 15.3 Å². The number of benzene rings is 1. The maximum atomic E-state index is 9.62. The normalized spacial score (nSPS) is 15.5. The molecule has 1 aromatic rings. The second-order valence-corrected chi connectivity index (χ2v) is 6.12. The second kappa shape index (κ2) is 9.92. The molecule has 3 atom stereocenters. The van der Waals surface area contributed by atoms with Crippen LogP contribution in [0, 0.1) is 0 Å². The Morgan fingerprint density at radius 3 is 1.95 bits per heavy atom. The van der Waals surface area contributed by atoms with Gasteiger partial charge >= 0.3 is 0 Å². The predicted octanol–water partition coefficient (Wildman–Crippen LogP) is 0.551. The lowest BCUT2D eigenvalue weighted by atomic mass is 9.99. The van der Waals surface area contributed by atoms with Gasteiger partial charge in [0.25, 0.3) is 0 Å². The van der Waals surface area contributed by atoms with Gasteiger partial charge in [0.2, 0.25) is 0 Å². The van der Waals surface area contributed by atoms with Crippen LogP contribution in [0.1, 0.15) is 37.5 Å². The summed E-state index contributed by atoms with van der Waals surface area (Å²) in [5.74, 6) is 0. The molecule has 22 heavy (non-hydrogen) atoms. The van der Waals surface area contributed by atoms with E-state index in [2.05, 4.69) is 16.7 Å². The van der Waals surface area contributed by atoms with Crippen LogP contribution in [0.2, 0.25) is 0 Å². The maximum Gasteiger partial charge on any atom is 0.0636 e. The molecule has 1 aromatic carbocycles. The number of hydrogen-bond acceptors (Lipinski definition) is 5. The topological polar surface area (TPSA) is 84.8 Å². The minimum absolute atomic E-state index is 0.360. The fourth-order valence-electron chi connectivity index (χ4n) is 2.31. The van der Waals surface area contributed by atoms with E-state index >= 15 is 0 Å². The zero-order valence-corrected chi connectivity index (χ0v) is 13.8. The van der Waals surface area contributed by atoms with Crippen molar-refractivity contribution in [3.8, 4) is 0 Å². The monoisotopic (exact) mass is 310 g/mol. The summed E-state index contributed by atoms with van der Waals surface area (Å²) >= 11 is 0. The zero-order valence-electron chi connectivity index (χ0n) is 13.8. The molecule has 0 spiro atoms. The third kappa shape index (κ3) is 7.87. The number of aliphatic hydroxyl groups excluding tert-OH is 3. The molecule has 5 nitrogen and oxygen atoms in total. The number of rotatable bonds is 10. The Kier molecular flexibility index (Phi) is 8.60. The van der Waals surface area contributed by atoms with Crippen molar-refractivity contribution in [2.24, 2.45) is 0 Å². The summed E-state index contributed by atoms with van der Waals surface area (Å²) in [5, 5.41) is 34.6. The van der Waals surface area contributed by atoms with E-state index in [4.69, 9.17) is 0 Å². The highest BCUT2D eigenvalue weighted by Gasteiger charge is 2.08. The van der Waals surface area contributed by atoms with Crippen LogP contribution in [0.5, 0.6) is 0 Å². The molecule has 3 unspecified atom stereocenters. The molecular formula is C17H30N2O3. The van der Waals surface area contributed by atoms with Crippen molar-refractivity contribution >= 4 is 0 Å². The average Bonchev–Trinajstić information content (AvgIpc) is 2.40. The molecule has 0 heterocycles. The summed E-state index contributed by atoms with van der Waals surface area (Å²) < 4.78 is 0. The van der Waals surface area contributed by atoms with Gasteiger partial charge in [-0.25, -0.2) is 0 Å². The Hall–Kier alpha value is -0.980. The molecular weight excluding hydrogens is 280 g/mol. The van der Waals surface area contributed by atoms with Gasteiger partial charge in [0.1, 0.15) is 0 Å². The summed E-state index contributed by atoms with van der Waals surface area (Å²) in [6.45, 7) is 7.75. The van der Waals surface area contributed by atoms with Crippen molar-refractivity contribution in [3.05, 3.63) is 34.9 Å². The lowest BCUT2D eigenvalue weighted by Crippen LogP contribution is -2.25. The first-order valence-corrected chi connectivity index (χ1v) is 7.94. The van der Waals surface area contributed by atoms with Crippen molar-refractivity contribution in [1.29, 1.82) is 0 Å². The Bertz CT molecular complexity index is 434. The first kappa shape index (κ1) is 19.1. The van der Waals surface area contributed by atoms with E-state index in [1.165, 1.54) is 0 Å². The minimum atomic E-state index is -0.380. The van der Waals surface area contributed by atoms with Gasteiger partial charge in [-0.05, 0) is 43.9 Å². The van der Waals surface area contributed by atoms with E-state index in [0.717, 1.165) is 16.7 Å². The molecule has 5 heteroatoms. The quantitative estimate of drug-likeness (QED) is 0.436. The van der Waals surface area contributed by atoms with E-state index in [0.29, 0.717) is 32.6 Å². The number of hydrogen-bond donors (Lipinski definition) is 5. The molecule has 5 N–H and O–H groups in total. The largest absolute Gasteiger partial charge is 0.393 e. The molecule has 0 aliphatic rings. The third-order valence-electron chi connectivity index (χ3n) is 3.31. The number of nitrogens with one attached hydrogen (secondary N) is 2. The van der Waals surface area contributed by atoms with Crippen molar-refractivity contribution in [3.63, 3.8) is 0 Å². The van der Waals surface area contributed by atoms with Crippen LogP contribution in [0.25, 0.3) is 0 Å². The highest BCUT2D eigenvalue weighted by molar-refractivity contribution is 5.32. The summed E-state index contributed by atoms with van der Waals surface area (Å²) in [6.07, 6.45) is -0.500. The Morgan fingerprint density at radius 2 is 1.41 bits per heavy atom. The predicted molar refractivity (Wildman–Crippen MR) is 88.6 cm³/mol. The van der Waals surface area contributed by atoms with Crippen molar-refractivity contribution in [2.45, 2.75) is 58.6 Å². The van der Waals surface area contributed by atoms with E-state index in [1.807, 2.05) is 12.1 Å². The summed E-state index contributed by atoms with van der Waals surface area (Å²) in [6, 6.07) is 6.21. The van der Waals surface area contributed by atoms with Crippen LogP contribution < -0.4 is 10.6 Å². The van der Waals surface area contributed by atoms with Gasteiger partial charge in [-0.3, -0.25) is 0 Å². The van der Waals surface area contributed by atoms with E-state index in [-0.39, 0.29) is 18.3 Å². The van der Waals surface area contributed by atoms with Crippen LogP contribution in [0.15, 0.2) is 18.2 Å². The lowest BCUT2D eigenvalue weighted by Gasteiger charge is -2.15. The average molecular weight is 310 g/mol. The fourth-order valence-corrected chi connectivity index (χ4v) is 2.31. The van der Waals surface area contributed by atoms with Crippen LogP contribution in [0.4, 0.5) is 0 Å². The molecule has 0 bridgehead atoms.